The summed E-state index contributed by atoms with van der Waals surface area (Å²) in [7, 11) is 0. The van der Waals surface area contributed by atoms with Crippen LogP contribution in [0.25, 0.3) is 21.7 Å². The number of hydrazone groups is 1. The molecule has 4 nitrogen and oxygen atoms in total. The number of hydrogen-bond acceptors (Lipinski definition) is 2. The minimum Gasteiger partial charge on any atom is -0.342 e. The molecule has 0 atom stereocenters. The molecule has 1 aromatic heterocycles. The summed E-state index contributed by atoms with van der Waals surface area (Å²) in [5, 5.41) is 11.6. The molecule has 0 radical (unpaired) electrons. The summed E-state index contributed by atoms with van der Waals surface area (Å²) in [6.45, 7) is 0.792. The summed E-state index contributed by atoms with van der Waals surface area (Å²) >= 11 is 5.34. The molecular formula is C27H22N4S. The Morgan fingerprint density at radius 2 is 1.59 bits per heavy atom. The fraction of sp³-hybridized carbons (Fsp3) is 0.0370. The number of aromatic nitrogens is 1. The molecule has 2 N–H and O–H groups in total. The Morgan fingerprint density at radius 1 is 0.844 bits per heavy atom. The fourth-order valence-electron chi connectivity index (χ4n) is 3.88. The summed E-state index contributed by atoms with van der Waals surface area (Å²) in [4.78, 5) is 0. The molecule has 156 valence electrons. The van der Waals surface area contributed by atoms with Gasteiger partial charge in [0.1, 0.15) is 0 Å². The predicted molar refractivity (Wildman–Crippen MR) is 138 cm³/mol. The summed E-state index contributed by atoms with van der Waals surface area (Å²) in [6, 6.07) is 33.3. The van der Waals surface area contributed by atoms with E-state index < -0.39 is 0 Å². The summed E-state index contributed by atoms with van der Waals surface area (Å²) < 4.78 is 2.27. The minimum atomic E-state index is 0.451. The zero-order valence-electron chi connectivity index (χ0n) is 17.4. The Labute approximate surface area is 192 Å². The van der Waals surface area contributed by atoms with Gasteiger partial charge in [-0.1, -0.05) is 72.8 Å². The van der Waals surface area contributed by atoms with Gasteiger partial charge in [-0.15, -0.1) is 0 Å². The maximum Gasteiger partial charge on any atom is 0.191 e. The number of anilines is 1. The van der Waals surface area contributed by atoms with Crippen molar-refractivity contribution >= 4 is 50.9 Å². The molecule has 0 bridgehead atoms. The zero-order chi connectivity index (χ0) is 21.8. The van der Waals surface area contributed by atoms with Crippen molar-refractivity contribution in [2.24, 2.45) is 5.10 Å². The number of para-hydroxylation sites is 2. The van der Waals surface area contributed by atoms with Gasteiger partial charge >= 0.3 is 0 Å². The van der Waals surface area contributed by atoms with Crippen molar-refractivity contribution < 1.29 is 0 Å². The van der Waals surface area contributed by atoms with Crippen molar-refractivity contribution in [3.63, 3.8) is 0 Å². The Kier molecular flexibility index (Phi) is 5.64. The van der Waals surface area contributed by atoms with Gasteiger partial charge in [-0.05, 0) is 52.8 Å². The maximum absolute atomic E-state index is 5.34. The predicted octanol–water partition coefficient (Wildman–Crippen LogP) is 6.16. The molecule has 0 aliphatic carbocycles. The zero-order valence-corrected chi connectivity index (χ0v) is 18.2. The molecule has 0 amide bonds. The third kappa shape index (κ3) is 4.38. The topological polar surface area (TPSA) is 41.4 Å². The average molecular weight is 435 g/mol. The molecule has 0 spiro atoms. The number of nitrogens with zero attached hydrogens (tertiary/aromatic N) is 2. The van der Waals surface area contributed by atoms with Crippen LogP contribution in [-0.2, 0) is 6.54 Å². The van der Waals surface area contributed by atoms with Crippen molar-refractivity contribution in [3.05, 3.63) is 114 Å². The molecule has 4 aromatic carbocycles. The lowest BCUT2D eigenvalue weighted by Crippen LogP contribution is -2.23. The number of fused-ring (bicyclic) bond motifs is 2. The molecule has 0 saturated heterocycles. The minimum absolute atomic E-state index is 0.451. The first-order valence-corrected chi connectivity index (χ1v) is 10.9. The van der Waals surface area contributed by atoms with Crippen LogP contribution in [0.5, 0.6) is 0 Å². The van der Waals surface area contributed by atoms with E-state index in [2.05, 4.69) is 93.3 Å². The highest BCUT2D eigenvalue weighted by Gasteiger charge is 2.08. The van der Waals surface area contributed by atoms with E-state index in [1.807, 2.05) is 36.5 Å². The SMILES string of the molecule is S=C(N/N=C/c1cn(Cc2ccc3ccccc3c2)c2ccccc12)Nc1ccccc1. The van der Waals surface area contributed by atoms with Gasteiger partial charge < -0.3 is 9.88 Å². The second-order valence-corrected chi connectivity index (χ2v) is 8.01. The van der Waals surface area contributed by atoms with E-state index in [0.29, 0.717) is 5.11 Å². The molecule has 0 aliphatic rings. The van der Waals surface area contributed by atoms with Crippen LogP contribution in [0.4, 0.5) is 5.69 Å². The standard InChI is InChI=1S/C27H22N4S/c32-27(29-24-10-2-1-3-11-24)30-28-17-23-19-31(26-13-7-6-12-25(23)26)18-20-14-15-21-8-4-5-9-22(21)16-20/h1-17,19H,18H2,(H2,29,30,32)/b28-17+. The van der Waals surface area contributed by atoms with Crippen LogP contribution >= 0.6 is 12.2 Å². The van der Waals surface area contributed by atoms with E-state index in [0.717, 1.165) is 23.2 Å². The molecule has 0 saturated carbocycles. The van der Waals surface area contributed by atoms with Crippen LogP contribution in [0, 0.1) is 0 Å². The van der Waals surface area contributed by atoms with Crippen molar-refractivity contribution in [3.8, 4) is 0 Å². The molecule has 0 unspecified atom stereocenters. The summed E-state index contributed by atoms with van der Waals surface area (Å²) in [5.41, 5.74) is 7.30. The van der Waals surface area contributed by atoms with E-state index in [1.165, 1.54) is 21.9 Å². The largest absolute Gasteiger partial charge is 0.342 e. The van der Waals surface area contributed by atoms with Crippen LogP contribution in [0.15, 0.2) is 108 Å². The van der Waals surface area contributed by atoms with Crippen LogP contribution < -0.4 is 10.7 Å². The molecule has 5 rings (SSSR count). The van der Waals surface area contributed by atoms with E-state index in [-0.39, 0.29) is 0 Å². The molecule has 0 aliphatic heterocycles. The summed E-state index contributed by atoms with van der Waals surface area (Å²) in [6.07, 6.45) is 3.96. The number of benzene rings is 4. The Balaban J connectivity index is 1.36. The van der Waals surface area contributed by atoms with Gasteiger partial charge in [0.05, 0.1) is 6.21 Å². The van der Waals surface area contributed by atoms with Crippen LogP contribution in [0.1, 0.15) is 11.1 Å². The number of hydrogen-bond donors (Lipinski definition) is 2. The monoisotopic (exact) mass is 434 g/mol. The Bertz CT molecular complexity index is 1420. The van der Waals surface area contributed by atoms with Gasteiger partial charge in [0, 0.05) is 34.9 Å². The van der Waals surface area contributed by atoms with Gasteiger partial charge in [0.25, 0.3) is 0 Å². The van der Waals surface area contributed by atoms with Crippen LogP contribution in [0.2, 0.25) is 0 Å². The molecule has 0 fully saturated rings. The fourth-order valence-corrected chi connectivity index (χ4v) is 4.05. The summed E-state index contributed by atoms with van der Waals surface area (Å²) in [5.74, 6) is 0. The van der Waals surface area contributed by atoms with Gasteiger partial charge in [-0.2, -0.15) is 5.10 Å². The van der Waals surface area contributed by atoms with E-state index in [9.17, 15) is 0 Å². The highest BCUT2D eigenvalue weighted by molar-refractivity contribution is 7.80. The van der Waals surface area contributed by atoms with Gasteiger partial charge in [-0.3, -0.25) is 5.43 Å². The second kappa shape index (κ2) is 9.04. The quantitative estimate of drug-likeness (QED) is 0.198. The first-order chi connectivity index (χ1) is 15.8. The molecule has 32 heavy (non-hydrogen) atoms. The first kappa shape index (κ1) is 20.0. The van der Waals surface area contributed by atoms with Crippen molar-refractivity contribution in [2.75, 3.05) is 5.32 Å². The number of rotatable bonds is 5. The lowest BCUT2D eigenvalue weighted by molar-refractivity contribution is 0.837. The molecule has 5 aromatic rings. The number of nitrogens with one attached hydrogen (secondary N) is 2. The van der Waals surface area contributed by atoms with E-state index >= 15 is 0 Å². The Morgan fingerprint density at radius 3 is 2.47 bits per heavy atom. The van der Waals surface area contributed by atoms with Gasteiger partial charge in [0.15, 0.2) is 5.11 Å². The second-order valence-electron chi connectivity index (χ2n) is 7.60. The van der Waals surface area contributed by atoms with Crippen LogP contribution in [0.3, 0.4) is 0 Å². The normalized spacial score (nSPS) is 11.2. The highest BCUT2D eigenvalue weighted by atomic mass is 32.1. The Hall–Kier alpha value is -3.96. The van der Waals surface area contributed by atoms with Crippen molar-refractivity contribution in [1.82, 2.24) is 9.99 Å². The third-order valence-electron chi connectivity index (χ3n) is 5.39. The van der Waals surface area contributed by atoms with Crippen molar-refractivity contribution in [1.29, 1.82) is 0 Å². The third-order valence-corrected chi connectivity index (χ3v) is 5.58. The molecule has 5 heteroatoms. The average Bonchev–Trinajstić information content (AvgIpc) is 3.17. The van der Waals surface area contributed by atoms with Crippen LogP contribution in [-0.4, -0.2) is 15.9 Å². The van der Waals surface area contributed by atoms with E-state index in [1.54, 1.807) is 0 Å². The number of thiocarbonyl (C=S) groups is 1. The van der Waals surface area contributed by atoms with Gasteiger partial charge in [-0.25, -0.2) is 0 Å². The first-order valence-electron chi connectivity index (χ1n) is 10.5. The maximum atomic E-state index is 5.34. The lowest BCUT2D eigenvalue weighted by Gasteiger charge is -2.07. The highest BCUT2D eigenvalue weighted by Crippen LogP contribution is 2.23. The van der Waals surface area contributed by atoms with Gasteiger partial charge in [0.2, 0.25) is 0 Å². The molecular weight excluding hydrogens is 412 g/mol. The lowest BCUT2D eigenvalue weighted by atomic mass is 10.1. The smallest absolute Gasteiger partial charge is 0.191 e. The molecule has 1 heterocycles. The van der Waals surface area contributed by atoms with E-state index in [4.69, 9.17) is 12.2 Å². The van der Waals surface area contributed by atoms with Crippen molar-refractivity contribution in [2.45, 2.75) is 6.54 Å².